The van der Waals surface area contributed by atoms with Crippen LogP contribution in [0, 0.1) is 11.3 Å². The Morgan fingerprint density at radius 1 is 1.18 bits per heavy atom. The normalized spacial score (nSPS) is 20.7. The van der Waals surface area contributed by atoms with Crippen molar-refractivity contribution in [3.05, 3.63) is 59.1 Å². The molecular formula is C22H27Cl2N3O. The highest BCUT2D eigenvalue weighted by Gasteiger charge is 2.57. The summed E-state index contributed by atoms with van der Waals surface area (Å²) in [6.45, 7) is 4.15. The Hall–Kier alpha value is -1.75. The number of carbonyl (C=O) groups is 1. The first-order chi connectivity index (χ1) is 13.1. The zero-order valence-corrected chi connectivity index (χ0v) is 17.6. The molecule has 0 radical (unpaired) electrons. The van der Waals surface area contributed by atoms with Crippen LogP contribution in [0.25, 0.3) is 0 Å². The van der Waals surface area contributed by atoms with E-state index in [2.05, 4.69) is 35.0 Å². The highest BCUT2D eigenvalue weighted by atomic mass is 35.5. The van der Waals surface area contributed by atoms with Crippen molar-refractivity contribution in [1.82, 2.24) is 5.32 Å². The number of halogens is 2. The standard InChI is InChI=1S/C22H26ClN3O.ClH/c1-15(16-5-3-2-4-6-16)25-20-8-7-17(13-19(20)23)26-21(27)18-14-22(18)9-11-24-12-10-22;/h2-8,13,15,18,24-25H,9-12,14H2,1H3,(H,26,27);1H. The molecule has 2 fully saturated rings. The molecule has 150 valence electrons. The number of anilines is 2. The van der Waals surface area contributed by atoms with Gasteiger partial charge in [-0.3, -0.25) is 4.79 Å². The second kappa shape index (κ2) is 8.73. The van der Waals surface area contributed by atoms with Crippen molar-refractivity contribution in [2.45, 2.75) is 32.2 Å². The summed E-state index contributed by atoms with van der Waals surface area (Å²) in [5, 5.41) is 10.5. The van der Waals surface area contributed by atoms with Gasteiger partial charge in [0, 0.05) is 17.6 Å². The minimum Gasteiger partial charge on any atom is -0.377 e. The Bertz CT molecular complexity index is 822. The van der Waals surface area contributed by atoms with Crippen molar-refractivity contribution >= 4 is 41.3 Å². The predicted octanol–water partition coefficient (Wildman–Crippen LogP) is 5.26. The minimum absolute atomic E-state index is 0. The van der Waals surface area contributed by atoms with E-state index in [0.717, 1.165) is 43.7 Å². The van der Waals surface area contributed by atoms with Crippen molar-refractivity contribution in [3.8, 4) is 0 Å². The third kappa shape index (κ3) is 4.45. The van der Waals surface area contributed by atoms with Gasteiger partial charge in [0.1, 0.15) is 0 Å². The summed E-state index contributed by atoms with van der Waals surface area (Å²) in [5.41, 5.74) is 3.07. The van der Waals surface area contributed by atoms with Crippen LogP contribution in [0.15, 0.2) is 48.5 Å². The molecule has 1 aliphatic heterocycles. The SMILES string of the molecule is CC(Nc1ccc(NC(=O)C2CC23CCNCC3)cc1Cl)c1ccccc1.Cl. The average molecular weight is 420 g/mol. The molecular weight excluding hydrogens is 393 g/mol. The molecule has 2 atom stereocenters. The summed E-state index contributed by atoms with van der Waals surface area (Å²) in [6, 6.07) is 16.1. The van der Waals surface area contributed by atoms with Gasteiger partial charge in [-0.15, -0.1) is 12.4 Å². The first-order valence-electron chi connectivity index (χ1n) is 9.70. The highest BCUT2D eigenvalue weighted by Crippen LogP contribution is 2.58. The van der Waals surface area contributed by atoms with Gasteiger partial charge in [0.25, 0.3) is 0 Å². The lowest BCUT2D eigenvalue weighted by Gasteiger charge is -2.23. The minimum atomic E-state index is 0. The zero-order chi connectivity index (χ0) is 18.9. The van der Waals surface area contributed by atoms with Crippen LogP contribution in [0.2, 0.25) is 5.02 Å². The molecule has 1 aliphatic carbocycles. The third-order valence-electron chi connectivity index (χ3n) is 6.01. The Morgan fingerprint density at radius 2 is 1.89 bits per heavy atom. The Morgan fingerprint density at radius 3 is 2.57 bits per heavy atom. The van der Waals surface area contributed by atoms with Crippen LogP contribution in [0.3, 0.4) is 0 Å². The Balaban J connectivity index is 0.00000225. The summed E-state index contributed by atoms with van der Waals surface area (Å²) in [5.74, 6) is 0.278. The van der Waals surface area contributed by atoms with Gasteiger partial charge >= 0.3 is 0 Å². The van der Waals surface area contributed by atoms with Gasteiger partial charge in [-0.1, -0.05) is 41.9 Å². The summed E-state index contributed by atoms with van der Waals surface area (Å²) in [4.78, 5) is 12.6. The largest absolute Gasteiger partial charge is 0.377 e. The molecule has 0 bridgehead atoms. The number of benzene rings is 2. The van der Waals surface area contributed by atoms with Crippen molar-refractivity contribution < 1.29 is 4.79 Å². The third-order valence-corrected chi connectivity index (χ3v) is 6.33. The molecule has 2 aliphatic rings. The van der Waals surface area contributed by atoms with Crippen LogP contribution in [-0.2, 0) is 4.79 Å². The molecule has 6 heteroatoms. The second-order valence-corrected chi connectivity index (χ2v) is 8.24. The van der Waals surface area contributed by atoms with Gasteiger partial charge in [-0.25, -0.2) is 0 Å². The maximum Gasteiger partial charge on any atom is 0.228 e. The highest BCUT2D eigenvalue weighted by molar-refractivity contribution is 6.33. The second-order valence-electron chi connectivity index (χ2n) is 7.83. The van der Waals surface area contributed by atoms with Crippen molar-refractivity contribution in [3.63, 3.8) is 0 Å². The van der Waals surface area contributed by atoms with Gasteiger partial charge in [-0.05, 0) is 68.5 Å². The molecule has 1 spiro atoms. The fourth-order valence-electron chi connectivity index (χ4n) is 4.19. The molecule has 1 heterocycles. The number of hydrogen-bond donors (Lipinski definition) is 3. The molecule has 3 N–H and O–H groups in total. The van der Waals surface area contributed by atoms with Crippen LogP contribution in [0.5, 0.6) is 0 Å². The smallest absolute Gasteiger partial charge is 0.228 e. The van der Waals surface area contributed by atoms with E-state index in [1.165, 1.54) is 5.56 Å². The fraction of sp³-hybridized carbons (Fsp3) is 0.409. The number of piperidine rings is 1. The van der Waals surface area contributed by atoms with E-state index < -0.39 is 0 Å². The maximum atomic E-state index is 12.6. The van der Waals surface area contributed by atoms with Crippen molar-refractivity contribution in [2.24, 2.45) is 11.3 Å². The van der Waals surface area contributed by atoms with Gasteiger partial charge in [0.15, 0.2) is 0 Å². The lowest BCUT2D eigenvalue weighted by atomic mass is 9.92. The topological polar surface area (TPSA) is 53.2 Å². The van der Waals surface area contributed by atoms with E-state index in [0.29, 0.717) is 5.02 Å². The summed E-state index contributed by atoms with van der Waals surface area (Å²) < 4.78 is 0. The first kappa shape index (κ1) is 21.0. The average Bonchev–Trinajstić information content (AvgIpc) is 3.38. The molecule has 2 aromatic carbocycles. The monoisotopic (exact) mass is 419 g/mol. The Kier molecular flexibility index (Phi) is 6.54. The maximum absolute atomic E-state index is 12.6. The van der Waals surface area contributed by atoms with Gasteiger partial charge in [0.2, 0.25) is 5.91 Å². The van der Waals surface area contributed by atoms with E-state index in [1.54, 1.807) is 0 Å². The fourth-order valence-corrected chi connectivity index (χ4v) is 4.43. The number of carbonyl (C=O) groups excluding carboxylic acids is 1. The van der Waals surface area contributed by atoms with E-state index >= 15 is 0 Å². The van der Waals surface area contributed by atoms with Gasteiger partial charge < -0.3 is 16.0 Å². The van der Waals surface area contributed by atoms with E-state index in [1.807, 2.05) is 36.4 Å². The molecule has 1 saturated carbocycles. The van der Waals surface area contributed by atoms with E-state index in [4.69, 9.17) is 11.6 Å². The van der Waals surface area contributed by atoms with Gasteiger partial charge in [0.05, 0.1) is 10.7 Å². The number of hydrogen-bond acceptors (Lipinski definition) is 3. The molecule has 2 unspecified atom stereocenters. The molecule has 1 saturated heterocycles. The van der Waals surface area contributed by atoms with Crippen LogP contribution < -0.4 is 16.0 Å². The number of nitrogens with one attached hydrogen (secondary N) is 3. The van der Waals surface area contributed by atoms with E-state index in [-0.39, 0.29) is 35.7 Å². The van der Waals surface area contributed by atoms with Crippen molar-refractivity contribution in [1.29, 1.82) is 0 Å². The van der Waals surface area contributed by atoms with Crippen LogP contribution in [0.4, 0.5) is 11.4 Å². The lowest BCUT2D eigenvalue weighted by Crippen LogP contribution is -2.31. The van der Waals surface area contributed by atoms with Crippen molar-refractivity contribution in [2.75, 3.05) is 23.7 Å². The molecule has 28 heavy (non-hydrogen) atoms. The lowest BCUT2D eigenvalue weighted by molar-refractivity contribution is -0.118. The Labute approximate surface area is 177 Å². The quantitative estimate of drug-likeness (QED) is 0.618. The molecule has 4 rings (SSSR count). The molecule has 1 amide bonds. The van der Waals surface area contributed by atoms with E-state index in [9.17, 15) is 4.79 Å². The van der Waals surface area contributed by atoms with Crippen LogP contribution in [-0.4, -0.2) is 19.0 Å². The number of rotatable bonds is 5. The summed E-state index contributed by atoms with van der Waals surface area (Å²) in [6.07, 6.45) is 3.22. The molecule has 0 aromatic heterocycles. The van der Waals surface area contributed by atoms with Crippen LogP contribution in [0.1, 0.15) is 37.8 Å². The number of amides is 1. The summed E-state index contributed by atoms with van der Waals surface area (Å²) in [7, 11) is 0. The molecule has 4 nitrogen and oxygen atoms in total. The zero-order valence-electron chi connectivity index (χ0n) is 16.0. The predicted molar refractivity (Wildman–Crippen MR) is 118 cm³/mol. The molecule has 2 aromatic rings. The first-order valence-corrected chi connectivity index (χ1v) is 10.1. The van der Waals surface area contributed by atoms with Gasteiger partial charge in [-0.2, -0.15) is 0 Å². The summed E-state index contributed by atoms with van der Waals surface area (Å²) >= 11 is 6.46. The van der Waals surface area contributed by atoms with Crippen LogP contribution >= 0.6 is 24.0 Å².